The van der Waals surface area contributed by atoms with Crippen molar-refractivity contribution in [3.8, 4) is 0 Å². The molecule has 0 amide bonds. The predicted octanol–water partition coefficient (Wildman–Crippen LogP) is 4.68. The number of non-ortho nitro benzene ring substituents is 1. The molecule has 4 fully saturated rings. The minimum Gasteiger partial charge on any atom is -0.464 e. The maximum absolute atomic E-state index is 13.4. The van der Waals surface area contributed by atoms with Crippen molar-refractivity contribution in [2.45, 2.75) is 64.1 Å². The largest absolute Gasteiger partial charge is 0.477 e. The van der Waals surface area contributed by atoms with Gasteiger partial charge in [-0.05, 0) is 67.1 Å². The molecule has 7 rings (SSSR count). The molecule has 2 bridgehead atoms. The molecule has 2 heterocycles. The van der Waals surface area contributed by atoms with Crippen LogP contribution in [0.5, 0.6) is 0 Å². The van der Waals surface area contributed by atoms with Crippen molar-refractivity contribution in [3.63, 3.8) is 0 Å². The summed E-state index contributed by atoms with van der Waals surface area (Å²) in [7, 11) is -4.49. The van der Waals surface area contributed by atoms with E-state index in [1.54, 1.807) is 18.4 Å². The van der Waals surface area contributed by atoms with Gasteiger partial charge in [0.2, 0.25) is 10.0 Å². The lowest BCUT2D eigenvalue weighted by Gasteiger charge is -2.64. The van der Waals surface area contributed by atoms with Crippen molar-refractivity contribution in [2.75, 3.05) is 5.75 Å². The Morgan fingerprint density at radius 3 is 2.59 bits per heavy atom. The van der Waals surface area contributed by atoms with Crippen molar-refractivity contribution >= 4 is 33.8 Å². The summed E-state index contributed by atoms with van der Waals surface area (Å²) >= 11 is 0. The summed E-state index contributed by atoms with van der Waals surface area (Å²) in [6.07, 6.45) is 4.18. The van der Waals surface area contributed by atoms with E-state index in [9.17, 15) is 18.5 Å². The summed E-state index contributed by atoms with van der Waals surface area (Å²) in [6.45, 7) is 6.70. The van der Waals surface area contributed by atoms with Crippen LogP contribution >= 0.6 is 0 Å². The molecule has 0 unspecified atom stereocenters. The highest BCUT2D eigenvalue weighted by Crippen LogP contribution is 2.65. The van der Waals surface area contributed by atoms with Crippen molar-refractivity contribution in [2.24, 2.45) is 17.3 Å². The van der Waals surface area contributed by atoms with Crippen LogP contribution in [0.25, 0.3) is 11.0 Å². The van der Waals surface area contributed by atoms with Crippen LogP contribution in [0, 0.1) is 27.4 Å². The van der Waals surface area contributed by atoms with Gasteiger partial charge in [-0.15, -0.1) is 0 Å². The number of sulfonamides is 1. The third kappa shape index (κ3) is 4.69. The molecule has 3 aliphatic carbocycles. The summed E-state index contributed by atoms with van der Waals surface area (Å²) in [4.78, 5) is 10.5. The van der Waals surface area contributed by atoms with Gasteiger partial charge in [0.25, 0.3) is 5.69 Å². The number of nitrogens with one attached hydrogen (secondary N) is 1. The Kier molecular flexibility index (Phi) is 6.41. The summed E-state index contributed by atoms with van der Waals surface area (Å²) in [6, 6.07) is 13.6. The van der Waals surface area contributed by atoms with Gasteiger partial charge in [0.15, 0.2) is 0 Å². The molecule has 2 aromatic carbocycles. The van der Waals surface area contributed by atoms with Crippen molar-refractivity contribution in [3.05, 3.63) is 76.0 Å². The zero-order valence-electron chi connectivity index (χ0n) is 22.3. The third-order valence-electron chi connectivity index (χ3n) is 9.44. The molecule has 1 aliphatic heterocycles. The summed E-state index contributed by atoms with van der Waals surface area (Å²) < 4.78 is 48.5. The Morgan fingerprint density at radius 2 is 1.87 bits per heavy atom. The summed E-state index contributed by atoms with van der Waals surface area (Å²) in [5.74, 6) is 0.111. The molecule has 206 valence electrons. The number of hydrogen-bond acceptors (Lipinski definition) is 7. The number of rotatable bonds is 9. The van der Waals surface area contributed by atoms with Crippen LogP contribution in [0.2, 0.25) is 0 Å². The van der Waals surface area contributed by atoms with Crippen LogP contribution in [0.1, 0.15) is 44.7 Å². The van der Waals surface area contributed by atoms with Crippen LogP contribution in [0.4, 0.5) is 5.69 Å². The Balaban J connectivity index is 1.23. The van der Waals surface area contributed by atoms with Crippen molar-refractivity contribution in [1.29, 1.82) is 0 Å². The van der Waals surface area contributed by atoms with E-state index >= 15 is 0 Å². The normalized spacial score (nSPS) is 28.2. The van der Waals surface area contributed by atoms with Crippen LogP contribution in [-0.4, -0.2) is 43.9 Å². The average molecular weight is 552 g/mol. The van der Waals surface area contributed by atoms with Crippen LogP contribution < -0.4 is 4.72 Å². The van der Waals surface area contributed by atoms with Gasteiger partial charge in [0.1, 0.15) is 5.58 Å². The van der Waals surface area contributed by atoms with Gasteiger partial charge in [0.05, 0.1) is 34.6 Å². The zero-order chi connectivity index (χ0) is 27.6. The smallest absolute Gasteiger partial charge is 0.464 e. The van der Waals surface area contributed by atoms with Gasteiger partial charge in [0, 0.05) is 17.5 Å². The van der Waals surface area contributed by atoms with Crippen molar-refractivity contribution < 1.29 is 27.1 Å². The van der Waals surface area contributed by atoms with Crippen LogP contribution in [-0.2, 0) is 32.2 Å². The lowest BCUT2D eigenvalue weighted by Crippen LogP contribution is -2.65. The molecule has 0 spiro atoms. The van der Waals surface area contributed by atoms with E-state index in [0.29, 0.717) is 23.8 Å². The highest BCUT2D eigenvalue weighted by molar-refractivity contribution is 7.89. The molecule has 5 atom stereocenters. The fourth-order valence-corrected chi connectivity index (χ4v) is 8.30. The Morgan fingerprint density at radius 1 is 1.13 bits per heavy atom. The number of nitro groups is 1. The quantitative estimate of drug-likeness (QED) is 0.232. The number of para-hydroxylation sites is 1. The summed E-state index contributed by atoms with van der Waals surface area (Å²) in [5, 5.41) is 11.9. The van der Waals surface area contributed by atoms with Gasteiger partial charge in [-0.1, -0.05) is 44.2 Å². The molecule has 0 radical (unpaired) electrons. The van der Waals surface area contributed by atoms with E-state index in [2.05, 4.69) is 25.5 Å². The lowest BCUT2D eigenvalue weighted by molar-refractivity contribution is -0.384. The number of nitro benzene ring substituents is 1. The highest BCUT2D eigenvalue weighted by Gasteiger charge is 2.68. The molecule has 39 heavy (non-hydrogen) atoms. The topological polar surface area (TPSA) is 121 Å². The van der Waals surface area contributed by atoms with E-state index in [0.717, 1.165) is 29.4 Å². The standard InChI is InChI=1S/C28H33BN2O7S/c1-27(2)20-15-24(27)28(3)25(16-20)37-29(38-28)26(14-19-17-36-23-7-5-4-6-22(19)23)30-39(34,35)13-12-18-8-10-21(11-9-18)31(32)33/h4-11,17,20,24-26,30H,12-16H2,1-3H3/t20-,24-,25+,26-,28-/m0/s1. The lowest BCUT2D eigenvalue weighted by atomic mass is 9.43. The molecular formula is C28H33BN2O7S. The predicted molar refractivity (Wildman–Crippen MR) is 148 cm³/mol. The fraction of sp³-hybridized carbons (Fsp3) is 0.500. The average Bonchev–Trinajstić information content (AvgIpc) is 3.47. The van der Waals surface area contributed by atoms with Gasteiger partial charge in [-0.2, -0.15) is 0 Å². The zero-order valence-corrected chi connectivity index (χ0v) is 23.1. The number of benzene rings is 2. The molecule has 1 saturated heterocycles. The molecule has 1 N–H and O–H groups in total. The Labute approximate surface area is 228 Å². The van der Waals surface area contributed by atoms with E-state index in [1.807, 2.05) is 24.3 Å². The molecular weight excluding hydrogens is 519 g/mol. The molecule has 4 aliphatic rings. The fourth-order valence-electron chi connectivity index (χ4n) is 7.02. The van der Waals surface area contributed by atoms with Gasteiger partial charge in [-0.3, -0.25) is 10.1 Å². The number of fused-ring (bicyclic) bond motifs is 1. The van der Waals surface area contributed by atoms with E-state index in [4.69, 9.17) is 13.7 Å². The van der Waals surface area contributed by atoms with Crippen LogP contribution in [0.3, 0.4) is 0 Å². The van der Waals surface area contributed by atoms with Gasteiger partial charge >= 0.3 is 7.12 Å². The third-order valence-corrected chi connectivity index (χ3v) is 10.8. The first kappa shape index (κ1) is 26.5. The minimum absolute atomic E-state index is 0.0290. The number of aryl methyl sites for hydroxylation is 1. The first-order chi connectivity index (χ1) is 18.5. The molecule has 1 aromatic heterocycles. The number of hydrogen-bond donors (Lipinski definition) is 1. The number of furan rings is 1. The second-order valence-corrected chi connectivity index (χ2v) is 13.9. The maximum atomic E-state index is 13.4. The Bertz CT molecular complexity index is 1510. The van der Waals surface area contributed by atoms with E-state index < -0.39 is 33.6 Å². The van der Waals surface area contributed by atoms with E-state index in [1.165, 1.54) is 12.1 Å². The van der Waals surface area contributed by atoms with Gasteiger partial charge < -0.3 is 13.7 Å². The molecule has 3 aromatic rings. The maximum Gasteiger partial charge on any atom is 0.477 e. The van der Waals surface area contributed by atoms with Crippen LogP contribution in [0.15, 0.2) is 59.2 Å². The Hall–Kier alpha value is -2.73. The van der Waals surface area contributed by atoms with E-state index in [-0.39, 0.29) is 29.4 Å². The molecule has 3 saturated carbocycles. The second-order valence-electron chi connectivity index (χ2n) is 12.0. The summed E-state index contributed by atoms with van der Waals surface area (Å²) in [5.41, 5.74) is 2.00. The molecule has 11 heteroatoms. The first-order valence-corrected chi connectivity index (χ1v) is 15.1. The highest BCUT2D eigenvalue weighted by atomic mass is 32.2. The first-order valence-electron chi connectivity index (χ1n) is 13.5. The van der Waals surface area contributed by atoms with Gasteiger partial charge in [-0.25, -0.2) is 13.1 Å². The SMILES string of the molecule is CC1(C)[C@@H]2C[C@H]3OB([C@H](Cc4coc5ccccc45)NS(=O)(=O)CCc4ccc([N+](=O)[O-])cc4)O[C@@]3(C)[C@H]1C2. The van der Waals surface area contributed by atoms with Crippen molar-refractivity contribution in [1.82, 2.24) is 4.72 Å². The monoisotopic (exact) mass is 552 g/mol. The number of nitrogens with zero attached hydrogens (tertiary/aromatic N) is 1. The molecule has 9 nitrogen and oxygen atoms in total. The minimum atomic E-state index is -3.75. The second kappa shape index (κ2) is 9.43.